The van der Waals surface area contributed by atoms with Crippen LogP contribution in [0, 0.1) is 11.3 Å². The van der Waals surface area contributed by atoms with Crippen LogP contribution in [-0.2, 0) is 0 Å². The first-order chi connectivity index (χ1) is 9.60. The van der Waals surface area contributed by atoms with Crippen molar-refractivity contribution in [1.29, 1.82) is 5.26 Å². The minimum absolute atomic E-state index is 0.264. The van der Waals surface area contributed by atoms with Crippen LogP contribution in [0.25, 0.3) is 0 Å². The average molecular weight is 266 g/mol. The molecule has 0 aliphatic rings. The molecule has 0 spiro atoms. The Labute approximate surface area is 117 Å². The SMILES string of the molecule is CN(C(=O)Nc1ccc(N)cc1)c1ccc(C#N)cc1. The summed E-state index contributed by atoms with van der Waals surface area (Å²) < 4.78 is 0. The number of nitriles is 1. The van der Waals surface area contributed by atoms with Crippen molar-refractivity contribution >= 4 is 23.1 Å². The Kier molecular flexibility index (Phi) is 3.87. The Balaban J connectivity index is 2.08. The second-order valence-electron chi connectivity index (χ2n) is 4.27. The first kappa shape index (κ1) is 13.4. The van der Waals surface area contributed by atoms with Gasteiger partial charge in [0.15, 0.2) is 0 Å². The Bertz CT molecular complexity index is 641. The second-order valence-corrected chi connectivity index (χ2v) is 4.27. The first-order valence-electron chi connectivity index (χ1n) is 6.00. The van der Waals surface area contributed by atoms with Gasteiger partial charge in [-0.2, -0.15) is 5.26 Å². The lowest BCUT2D eigenvalue weighted by atomic mass is 10.2. The molecule has 0 unspecified atom stereocenters. The highest BCUT2D eigenvalue weighted by molar-refractivity contribution is 6.01. The molecule has 0 saturated heterocycles. The quantitative estimate of drug-likeness (QED) is 0.820. The van der Waals surface area contributed by atoms with E-state index in [1.165, 1.54) is 4.90 Å². The fourth-order valence-electron chi connectivity index (χ4n) is 1.65. The third-order valence-corrected chi connectivity index (χ3v) is 2.85. The van der Waals surface area contributed by atoms with Gasteiger partial charge in [-0.15, -0.1) is 0 Å². The summed E-state index contributed by atoms with van der Waals surface area (Å²) in [5, 5.41) is 11.5. The number of rotatable bonds is 2. The molecule has 0 aliphatic carbocycles. The summed E-state index contributed by atoms with van der Waals surface area (Å²) in [4.78, 5) is 13.5. The van der Waals surface area contributed by atoms with Gasteiger partial charge in [0.1, 0.15) is 0 Å². The van der Waals surface area contributed by atoms with Crippen molar-refractivity contribution in [2.75, 3.05) is 23.0 Å². The number of urea groups is 1. The van der Waals surface area contributed by atoms with Crippen LogP contribution in [0.5, 0.6) is 0 Å². The molecule has 5 heteroatoms. The van der Waals surface area contributed by atoms with E-state index in [0.717, 1.165) is 0 Å². The van der Waals surface area contributed by atoms with Crippen molar-refractivity contribution in [3.8, 4) is 6.07 Å². The molecule has 3 N–H and O–H groups in total. The van der Waals surface area contributed by atoms with E-state index in [1.807, 2.05) is 6.07 Å². The molecular formula is C15H14N4O. The van der Waals surface area contributed by atoms with Crippen LogP contribution in [-0.4, -0.2) is 13.1 Å². The van der Waals surface area contributed by atoms with Gasteiger partial charge in [-0.05, 0) is 48.5 Å². The lowest BCUT2D eigenvalue weighted by molar-refractivity contribution is 0.258. The second kappa shape index (κ2) is 5.76. The number of nitrogens with one attached hydrogen (secondary N) is 1. The number of carbonyl (C=O) groups excluding carboxylic acids is 1. The van der Waals surface area contributed by atoms with Crippen molar-refractivity contribution in [1.82, 2.24) is 0 Å². The standard InChI is InChI=1S/C15H14N4O/c1-19(14-8-2-11(10-16)3-9-14)15(20)18-13-6-4-12(17)5-7-13/h2-9H,17H2,1H3,(H,18,20). The third kappa shape index (κ3) is 3.06. The summed E-state index contributed by atoms with van der Waals surface area (Å²) in [5.74, 6) is 0. The molecule has 0 fully saturated rings. The van der Waals surface area contributed by atoms with Crippen LogP contribution in [0.2, 0.25) is 0 Å². The minimum atomic E-state index is -0.264. The van der Waals surface area contributed by atoms with Gasteiger partial charge >= 0.3 is 6.03 Å². The molecule has 100 valence electrons. The molecule has 0 bridgehead atoms. The van der Waals surface area contributed by atoms with Gasteiger partial charge in [0.2, 0.25) is 0 Å². The fraction of sp³-hybridized carbons (Fsp3) is 0.0667. The maximum atomic E-state index is 12.1. The lowest BCUT2D eigenvalue weighted by Gasteiger charge is -2.18. The number of benzene rings is 2. The first-order valence-corrected chi connectivity index (χ1v) is 6.00. The van der Waals surface area contributed by atoms with Crippen LogP contribution >= 0.6 is 0 Å². The fourth-order valence-corrected chi connectivity index (χ4v) is 1.65. The van der Waals surface area contributed by atoms with Gasteiger partial charge in [-0.25, -0.2) is 4.79 Å². The predicted molar refractivity (Wildman–Crippen MR) is 79.4 cm³/mol. The Morgan fingerprint density at radius 2 is 1.75 bits per heavy atom. The minimum Gasteiger partial charge on any atom is -0.399 e. The van der Waals surface area contributed by atoms with Gasteiger partial charge < -0.3 is 11.1 Å². The Morgan fingerprint density at radius 1 is 1.15 bits per heavy atom. The molecule has 0 saturated carbocycles. The van der Waals surface area contributed by atoms with E-state index in [1.54, 1.807) is 55.6 Å². The zero-order valence-electron chi connectivity index (χ0n) is 11.0. The topological polar surface area (TPSA) is 82.2 Å². The van der Waals surface area contributed by atoms with Gasteiger partial charge in [0.25, 0.3) is 0 Å². The highest BCUT2D eigenvalue weighted by Crippen LogP contribution is 2.16. The van der Waals surface area contributed by atoms with Gasteiger partial charge in [-0.1, -0.05) is 0 Å². The van der Waals surface area contributed by atoms with Crippen LogP contribution in [0.15, 0.2) is 48.5 Å². The normalized spacial score (nSPS) is 9.60. The van der Waals surface area contributed by atoms with E-state index in [9.17, 15) is 4.79 Å². The number of nitrogens with zero attached hydrogens (tertiary/aromatic N) is 2. The van der Waals surface area contributed by atoms with E-state index in [4.69, 9.17) is 11.0 Å². The van der Waals surface area contributed by atoms with E-state index in [2.05, 4.69) is 5.32 Å². The van der Waals surface area contributed by atoms with Crippen molar-refractivity contribution in [2.24, 2.45) is 0 Å². The van der Waals surface area contributed by atoms with E-state index in [-0.39, 0.29) is 6.03 Å². The molecular weight excluding hydrogens is 252 g/mol. The van der Waals surface area contributed by atoms with Crippen LogP contribution in [0.4, 0.5) is 21.9 Å². The highest BCUT2D eigenvalue weighted by Gasteiger charge is 2.10. The summed E-state index contributed by atoms with van der Waals surface area (Å²) in [6.45, 7) is 0. The summed E-state index contributed by atoms with van der Waals surface area (Å²) in [6, 6.07) is 15.5. The number of hydrogen-bond donors (Lipinski definition) is 2. The van der Waals surface area contributed by atoms with Crippen molar-refractivity contribution in [2.45, 2.75) is 0 Å². The van der Waals surface area contributed by atoms with Gasteiger partial charge in [0, 0.05) is 24.1 Å². The number of nitrogen functional groups attached to an aromatic ring is 1. The van der Waals surface area contributed by atoms with Gasteiger partial charge in [0.05, 0.1) is 11.6 Å². The molecule has 5 nitrogen and oxygen atoms in total. The number of carbonyl (C=O) groups is 1. The molecule has 0 aliphatic heterocycles. The largest absolute Gasteiger partial charge is 0.399 e. The van der Waals surface area contributed by atoms with Crippen LogP contribution in [0.3, 0.4) is 0 Å². The molecule has 0 atom stereocenters. The predicted octanol–water partition coefficient (Wildman–Crippen LogP) is 2.81. The van der Waals surface area contributed by atoms with E-state index in [0.29, 0.717) is 22.6 Å². The monoisotopic (exact) mass is 266 g/mol. The van der Waals surface area contributed by atoms with Crippen molar-refractivity contribution in [3.63, 3.8) is 0 Å². The average Bonchev–Trinajstić information content (AvgIpc) is 2.49. The van der Waals surface area contributed by atoms with E-state index >= 15 is 0 Å². The summed E-state index contributed by atoms with van der Waals surface area (Å²) >= 11 is 0. The Hall–Kier alpha value is -3.00. The summed E-state index contributed by atoms with van der Waals surface area (Å²) in [6.07, 6.45) is 0. The van der Waals surface area contributed by atoms with Crippen molar-refractivity contribution in [3.05, 3.63) is 54.1 Å². The molecule has 0 heterocycles. The molecule has 2 amide bonds. The zero-order valence-corrected chi connectivity index (χ0v) is 11.0. The zero-order chi connectivity index (χ0) is 14.5. The lowest BCUT2D eigenvalue weighted by Crippen LogP contribution is -2.31. The summed E-state index contributed by atoms with van der Waals surface area (Å²) in [7, 11) is 1.66. The Morgan fingerprint density at radius 3 is 2.30 bits per heavy atom. The molecule has 2 aromatic carbocycles. The number of anilines is 3. The third-order valence-electron chi connectivity index (χ3n) is 2.85. The maximum Gasteiger partial charge on any atom is 0.326 e. The number of hydrogen-bond acceptors (Lipinski definition) is 3. The van der Waals surface area contributed by atoms with Crippen LogP contribution in [0.1, 0.15) is 5.56 Å². The highest BCUT2D eigenvalue weighted by atomic mass is 16.2. The maximum absolute atomic E-state index is 12.1. The molecule has 0 radical (unpaired) electrons. The smallest absolute Gasteiger partial charge is 0.326 e. The molecule has 20 heavy (non-hydrogen) atoms. The van der Waals surface area contributed by atoms with Gasteiger partial charge in [-0.3, -0.25) is 4.90 Å². The molecule has 2 aromatic rings. The molecule has 2 rings (SSSR count). The number of nitrogens with two attached hydrogens (primary N) is 1. The summed E-state index contributed by atoms with van der Waals surface area (Å²) in [5.41, 5.74) is 8.16. The van der Waals surface area contributed by atoms with E-state index < -0.39 is 0 Å². The number of amides is 2. The molecule has 0 aromatic heterocycles. The van der Waals surface area contributed by atoms with Crippen LogP contribution < -0.4 is 16.0 Å². The van der Waals surface area contributed by atoms with Crippen molar-refractivity contribution < 1.29 is 4.79 Å².